The number of fused-ring (bicyclic) bond motifs is 1. The van der Waals surface area contributed by atoms with Gasteiger partial charge in [0.05, 0.1) is 19.5 Å². The standard InChI is InChI=1S/C10H14N5O8P.C6H12O6/c11-10-13-7-4(8(18)14-10)12-2-15(7)9-6(17)5(16)3(23-9)1-22-24(19,20)21;7-1-3(9)5(11)6(12)4(10)2-8/h2-3,5-6,9,16-17H,1H2,(H2,19,20,21)(H3,11,13,14,18);1,3-6,8-12H,2H2/t3-,5-,6-,9-;3-,4-,5-,6-/m11/s1. The molecule has 1 aliphatic heterocycles. The second-order valence-electron chi connectivity index (χ2n) is 7.47. The minimum absolute atomic E-state index is 0.0176. The third-order valence-corrected chi connectivity index (χ3v) is 5.37. The molecule has 0 amide bonds. The second-order valence-corrected chi connectivity index (χ2v) is 8.70. The van der Waals surface area contributed by atoms with Crippen molar-refractivity contribution in [1.29, 1.82) is 0 Å². The van der Waals surface area contributed by atoms with Gasteiger partial charge in [-0.1, -0.05) is 0 Å². The van der Waals surface area contributed by atoms with Gasteiger partial charge >= 0.3 is 7.82 Å². The van der Waals surface area contributed by atoms with E-state index in [0.29, 0.717) is 0 Å². The highest BCUT2D eigenvalue weighted by molar-refractivity contribution is 7.46. The lowest BCUT2D eigenvalue weighted by molar-refractivity contribution is -0.136. The molecular weight excluding hydrogens is 517 g/mol. The zero-order valence-electron chi connectivity index (χ0n) is 18.1. The molecule has 0 unspecified atom stereocenters. The SMILES string of the molecule is Nc1nc2c(ncn2[C@@H]2O[C@H](COP(=O)(O)O)[C@@H](O)[C@H]2O)c(=O)[nH]1.O=C[C@@H](O)[C@@H](O)[C@H](O)[C@H](O)CO. The Morgan fingerprint density at radius 2 is 1.86 bits per heavy atom. The average Bonchev–Trinajstić information content (AvgIpc) is 3.36. The highest BCUT2D eigenvalue weighted by Gasteiger charge is 2.45. The maximum atomic E-state index is 11.7. The molecule has 20 heteroatoms. The van der Waals surface area contributed by atoms with E-state index in [4.69, 9.17) is 45.8 Å². The van der Waals surface area contributed by atoms with Crippen molar-refractivity contribution in [3.63, 3.8) is 0 Å². The number of nitrogens with zero attached hydrogens (tertiary/aromatic N) is 3. The summed E-state index contributed by atoms with van der Waals surface area (Å²) in [6.07, 6.45) is -11.1. The number of rotatable bonds is 9. The first-order valence-corrected chi connectivity index (χ1v) is 11.5. The van der Waals surface area contributed by atoms with Gasteiger partial charge in [0.25, 0.3) is 5.56 Å². The van der Waals surface area contributed by atoms with Gasteiger partial charge in [-0.15, -0.1) is 0 Å². The molecule has 204 valence electrons. The van der Waals surface area contributed by atoms with E-state index in [-0.39, 0.29) is 23.4 Å². The largest absolute Gasteiger partial charge is 0.469 e. The van der Waals surface area contributed by atoms with Crippen molar-refractivity contribution in [2.45, 2.75) is 49.0 Å². The fourth-order valence-electron chi connectivity index (χ4n) is 3.01. The summed E-state index contributed by atoms with van der Waals surface area (Å²) in [5, 5.41) is 63.6. The summed E-state index contributed by atoms with van der Waals surface area (Å²) in [5.41, 5.74) is 4.84. The summed E-state index contributed by atoms with van der Waals surface area (Å²) in [4.78, 5) is 49.0. The molecule has 1 saturated heterocycles. The summed E-state index contributed by atoms with van der Waals surface area (Å²) >= 11 is 0. The number of ether oxygens (including phenoxy) is 1. The van der Waals surface area contributed by atoms with Crippen LogP contribution in [0, 0.1) is 0 Å². The zero-order chi connectivity index (χ0) is 27.4. The third kappa shape index (κ3) is 7.09. The van der Waals surface area contributed by atoms with Crippen molar-refractivity contribution in [1.82, 2.24) is 19.5 Å². The van der Waals surface area contributed by atoms with Crippen molar-refractivity contribution in [3.8, 4) is 0 Å². The maximum absolute atomic E-state index is 11.7. The van der Waals surface area contributed by atoms with Gasteiger partial charge in [0.2, 0.25) is 5.95 Å². The number of carbonyl (C=O) groups excluding carboxylic acids is 1. The Morgan fingerprint density at radius 3 is 2.42 bits per heavy atom. The number of phosphoric ester groups is 1. The van der Waals surface area contributed by atoms with Gasteiger partial charge in [0.1, 0.15) is 42.7 Å². The van der Waals surface area contributed by atoms with Gasteiger partial charge in [-0.25, -0.2) is 9.55 Å². The Labute approximate surface area is 200 Å². The minimum Gasteiger partial charge on any atom is -0.394 e. The van der Waals surface area contributed by atoms with Crippen molar-refractivity contribution in [2.75, 3.05) is 18.9 Å². The number of H-pyrrole nitrogens is 1. The van der Waals surface area contributed by atoms with E-state index in [9.17, 15) is 24.4 Å². The van der Waals surface area contributed by atoms with Gasteiger partial charge in [-0.3, -0.25) is 18.9 Å². The van der Waals surface area contributed by atoms with Gasteiger partial charge in [-0.05, 0) is 0 Å². The molecule has 1 fully saturated rings. The Hall–Kier alpha value is -2.39. The fraction of sp³-hybridized carbons (Fsp3) is 0.625. The van der Waals surface area contributed by atoms with Crippen LogP contribution in [0.4, 0.5) is 5.95 Å². The molecule has 3 heterocycles. The van der Waals surface area contributed by atoms with Gasteiger partial charge in [0.15, 0.2) is 23.7 Å². The fourth-order valence-corrected chi connectivity index (χ4v) is 3.36. The molecule has 0 aliphatic carbocycles. The molecule has 0 bridgehead atoms. The Morgan fingerprint density at radius 1 is 1.22 bits per heavy atom. The van der Waals surface area contributed by atoms with E-state index in [1.807, 2.05) is 0 Å². The van der Waals surface area contributed by atoms with Crippen LogP contribution in [0.15, 0.2) is 11.1 Å². The third-order valence-electron chi connectivity index (χ3n) is 4.89. The number of nitrogens with two attached hydrogens (primary N) is 1. The molecule has 1 aliphatic rings. The molecule has 0 saturated carbocycles. The van der Waals surface area contributed by atoms with Crippen LogP contribution in [-0.2, 0) is 18.6 Å². The molecule has 19 nitrogen and oxygen atoms in total. The van der Waals surface area contributed by atoms with Crippen LogP contribution in [0.1, 0.15) is 6.23 Å². The molecule has 3 rings (SSSR count). The van der Waals surface area contributed by atoms with Crippen LogP contribution in [0.25, 0.3) is 11.2 Å². The summed E-state index contributed by atoms with van der Waals surface area (Å²) in [6.45, 7) is -1.41. The van der Waals surface area contributed by atoms with Crippen LogP contribution in [0.5, 0.6) is 0 Å². The molecular formula is C16H26N5O14P. The van der Waals surface area contributed by atoms with Gasteiger partial charge < -0.3 is 60.8 Å². The normalized spacial score (nSPS) is 25.6. The van der Waals surface area contributed by atoms with Crippen LogP contribution in [-0.4, -0.2) is 127 Å². The number of nitrogen functional groups attached to an aromatic ring is 1. The van der Waals surface area contributed by atoms with E-state index >= 15 is 0 Å². The van der Waals surface area contributed by atoms with Crippen molar-refractivity contribution in [3.05, 3.63) is 16.7 Å². The van der Waals surface area contributed by atoms with Crippen molar-refractivity contribution >= 4 is 31.2 Å². The first-order valence-electron chi connectivity index (χ1n) is 9.94. The number of aldehydes is 1. The first-order chi connectivity index (χ1) is 16.7. The molecule has 2 aromatic heterocycles. The lowest BCUT2D eigenvalue weighted by Gasteiger charge is -2.22. The van der Waals surface area contributed by atoms with Crippen molar-refractivity contribution in [2.24, 2.45) is 0 Å². The van der Waals surface area contributed by atoms with E-state index < -0.39 is 75.6 Å². The number of hydrogen-bond acceptors (Lipinski definition) is 15. The van der Waals surface area contributed by atoms with Crippen LogP contribution in [0.3, 0.4) is 0 Å². The quantitative estimate of drug-likeness (QED) is 0.103. The number of hydrogen-bond donors (Lipinski definition) is 11. The molecule has 0 radical (unpaired) electrons. The number of aromatic nitrogens is 4. The molecule has 36 heavy (non-hydrogen) atoms. The van der Waals surface area contributed by atoms with Crippen LogP contribution in [0.2, 0.25) is 0 Å². The summed E-state index contributed by atoms with van der Waals surface area (Å²) in [6, 6.07) is 0. The van der Waals surface area contributed by atoms with Crippen molar-refractivity contribution < 1.29 is 64.2 Å². The first kappa shape index (κ1) is 29.8. The predicted octanol–water partition coefficient (Wildman–Crippen LogP) is -5.95. The monoisotopic (exact) mass is 543 g/mol. The Balaban J connectivity index is 0.000000324. The average molecular weight is 543 g/mol. The molecule has 0 spiro atoms. The number of imidazole rings is 1. The van der Waals surface area contributed by atoms with Gasteiger partial charge in [0, 0.05) is 0 Å². The smallest absolute Gasteiger partial charge is 0.394 e. The number of nitrogens with one attached hydrogen (secondary N) is 1. The molecule has 2 aromatic rings. The summed E-state index contributed by atoms with van der Waals surface area (Å²) in [7, 11) is -4.76. The molecule has 8 atom stereocenters. The minimum atomic E-state index is -4.76. The van der Waals surface area contributed by atoms with Gasteiger partial charge in [-0.2, -0.15) is 4.98 Å². The number of aromatic amines is 1. The summed E-state index contributed by atoms with van der Waals surface area (Å²) < 4.78 is 21.6. The topological polar surface area (TPSA) is 324 Å². The Bertz CT molecular complexity index is 1120. The van der Waals surface area contributed by atoms with E-state index in [1.54, 1.807) is 0 Å². The number of aliphatic hydroxyl groups excluding tert-OH is 7. The molecule has 0 aromatic carbocycles. The number of carbonyl (C=O) groups is 1. The van der Waals surface area contributed by atoms with E-state index in [0.717, 1.165) is 0 Å². The number of anilines is 1. The molecule has 12 N–H and O–H groups in total. The zero-order valence-corrected chi connectivity index (χ0v) is 19.0. The predicted molar refractivity (Wildman–Crippen MR) is 114 cm³/mol. The lowest BCUT2D eigenvalue weighted by Crippen LogP contribution is -2.46. The van der Waals surface area contributed by atoms with E-state index in [1.165, 1.54) is 10.9 Å². The lowest BCUT2D eigenvalue weighted by atomic mass is 10.0. The highest BCUT2D eigenvalue weighted by atomic mass is 31.2. The maximum Gasteiger partial charge on any atom is 0.469 e. The number of aliphatic hydroxyl groups is 7. The summed E-state index contributed by atoms with van der Waals surface area (Å²) in [5.74, 6) is -0.177. The van der Waals surface area contributed by atoms with Crippen LogP contribution >= 0.6 is 7.82 Å². The van der Waals surface area contributed by atoms with E-state index in [2.05, 4.69) is 19.5 Å². The highest BCUT2D eigenvalue weighted by Crippen LogP contribution is 2.38. The number of phosphoric acid groups is 1. The Kier molecular flexibility index (Phi) is 10.1. The van der Waals surface area contributed by atoms with Crippen LogP contribution < -0.4 is 11.3 Å². The second kappa shape index (κ2) is 12.2.